The molecule has 0 saturated carbocycles. The number of nitrogens with zero attached hydrogens (tertiary/aromatic N) is 3. The minimum Gasteiger partial charge on any atom is -0.354 e. The standard InChI is InChI=1S/C20H19BrN4OS.ClH/c1-13-2-7-16-18(24-15-5-3-14(21)4-6-15)17(12-22-19(16)23-13)20(26)25-8-10-27-11-9-25;/h2-7,12H,8-11H2,1H3,(H,22,23,24);1H. The number of aryl methyl sites for hydroxylation is 1. The number of carbonyl (C=O) groups excluding carboxylic acids is 1. The lowest BCUT2D eigenvalue weighted by atomic mass is 10.1. The predicted octanol–water partition coefficient (Wildman–Crippen LogP) is 5.06. The first-order valence-electron chi connectivity index (χ1n) is 8.78. The average Bonchev–Trinajstić information content (AvgIpc) is 2.70. The highest BCUT2D eigenvalue weighted by Gasteiger charge is 2.23. The van der Waals surface area contributed by atoms with Gasteiger partial charge in [-0.1, -0.05) is 15.9 Å². The Morgan fingerprint density at radius 2 is 1.86 bits per heavy atom. The zero-order chi connectivity index (χ0) is 18.8. The number of hydrogen-bond acceptors (Lipinski definition) is 5. The SMILES string of the molecule is Cc1ccc2c(Nc3ccc(Br)cc3)c(C(=O)N3CCSCC3)cnc2n1.Cl. The molecule has 1 saturated heterocycles. The Kier molecular flexibility index (Phi) is 6.80. The predicted molar refractivity (Wildman–Crippen MR) is 122 cm³/mol. The van der Waals surface area contributed by atoms with E-state index < -0.39 is 0 Å². The van der Waals surface area contributed by atoms with Crippen molar-refractivity contribution < 1.29 is 4.79 Å². The molecule has 2 aromatic heterocycles. The van der Waals surface area contributed by atoms with Crippen molar-refractivity contribution in [2.24, 2.45) is 0 Å². The van der Waals surface area contributed by atoms with Gasteiger partial charge >= 0.3 is 0 Å². The molecule has 0 spiro atoms. The Morgan fingerprint density at radius 3 is 2.57 bits per heavy atom. The smallest absolute Gasteiger partial charge is 0.257 e. The van der Waals surface area contributed by atoms with Gasteiger partial charge in [-0.15, -0.1) is 12.4 Å². The van der Waals surface area contributed by atoms with Gasteiger partial charge in [0, 0.05) is 52.0 Å². The summed E-state index contributed by atoms with van der Waals surface area (Å²) in [5.41, 5.74) is 3.80. The van der Waals surface area contributed by atoms with Gasteiger partial charge in [-0.3, -0.25) is 4.79 Å². The average molecular weight is 480 g/mol. The first-order chi connectivity index (χ1) is 13.1. The summed E-state index contributed by atoms with van der Waals surface area (Å²) in [6.07, 6.45) is 1.65. The highest BCUT2D eigenvalue weighted by molar-refractivity contribution is 9.10. The molecular formula is C20H20BrClN4OS. The van der Waals surface area contributed by atoms with Crippen LogP contribution in [0.5, 0.6) is 0 Å². The van der Waals surface area contributed by atoms with Crippen LogP contribution in [0.2, 0.25) is 0 Å². The van der Waals surface area contributed by atoms with E-state index in [0.717, 1.165) is 51.5 Å². The number of benzene rings is 1. The number of fused-ring (bicyclic) bond motifs is 1. The Morgan fingerprint density at radius 1 is 1.14 bits per heavy atom. The second kappa shape index (κ2) is 9.11. The lowest BCUT2D eigenvalue weighted by Crippen LogP contribution is -2.38. The van der Waals surface area contributed by atoms with Crippen molar-refractivity contribution >= 4 is 68.4 Å². The third-order valence-electron chi connectivity index (χ3n) is 4.51. The Labute approximate surface area is 182 Å². The van der Waals surface area contributed by atoms with Crippen molar-refractivity contribution in [1.29, 1.82) is 0 Å². The van der Waals surface area contributed by atoms with Gasteiger partial charge in [0.2, 0.25) is 0 Å². The maximum Gasteiger partial charge on any atom is 0.257 e. The maximum absolute atomic E-state index is 13.2. The molecule has 4 rings (SSSR count). The van der Waals surface area contributed by atoms with Crippen LogP contribution in [0.4, 0.5) is 11.4 Å². The van der Waals surface area contributed by atoms with Gasteiger partial charge in [0.15, 0.2) is 5.65 Å². The van der Waals surface area contributed by atoms with Crippen molar-refractivity contribution in [3.63, 3.8) is 0 Å². The molecule has 1 amide bonds. The molecule has 3 heterocycles. The molecule has 0 bridgehead atoms. The summed E-state index contributed by atoms with van der Waals surface area (Å²) >= 11 is 5.34. The molecular weight excluding hydrogens is 460 g/mol. The Balaban J connectivity index is 0.00000225. The lowest BCUT2D eigenvalue weighted by Gasteiger charge is -2.27. The van der Waals surface area contributed by atoms with Gasteiger partial charge in [-0.25, -0.2) is 9.97 Å². The number of amides is 1. The number of aromatic nitrogens is 2. The molecule has 8 heteroatoms. The van der Waals surface area contributed by atoms with Crippen LogP contribution >= 0.6 is 40.1 Å². The summed E-state index contributed by atoms with van der Waals surface area (Å²) in [5, 5.41) is 4.28. The number of pyridine rings is 2. The summed E-state index contributed by atoms with van der Waals surface area (Å²) in [5.74, 6) is 1.97. The zero-order valence-corrected chi connectivity index (χ0v) is 18.5. The number of halogens is 2. The van der Waals surface area contributed by atoms with E-state index in [1.165, 1.54) is 0 Å². The maximum atomic E-state index is 13.2. The summed E-state index contributed by atoms with van der Waals surface area (Å²) in [6, 6.07) is 11.8. The number of nitrogens with one attached hydrogen (secondary N) is 1. The molecule has 0 atom stereocenters. The molecule has 1 aliphatic heterocycles. The molecule has 1 fully saturated rings. The number of thioether (sulfide) groups is 1. The molecule has 3 aromatic rings. The third-order valence-corrected chi connectivity index (χ3v) is 5.98. The number of anilines is 2. The molecule has 28 heavy (non-hydrogen) atoms. The zero-order valence-electron chi connectivity index (χ0n) is 15.3. The van der Waals surface area contributed by atoms with Crippen LogP contribution in [-0.2, 0) is 0 Å². The van der Waals surface area contributed by atoms with E-state index in [-0.39, 0.29) is 18.3 Å². The summed E-state index contributed by atoms with van der Waals surface area (Å²) < 4.78 is 1.01. The van der Waals surface area contributed by atoms with Crippen LogP contribution < -0.4 is 5.32 Å². The topological polar surface area (TPSA) is 58.1 Å². The van der Waals surface area contributed by atoms with Gasteiger partial charge in [0.05, 0.1) is 11.3 Å². The van der Waals surface area contributed by atoms with E-state index in [9.17, 15) is 4.79 Å². The molecule has 0 radical (unpaired) electrons. The van der Waals surface area contributed by atoms with Gasteiger partial charge in [0.25, 0.3) is 5.91 Å². The molecule has 146 valence electrons. The van der Waals surface area contributed by atoms with E-state index >= 15 is 0 Å². The minimum absolute atomic E-state index is 0. The van der Waals surface area contributed by atoms with Gasteiger partial charge in [-0.05, 0) is 43.3 Å². The first kappa shape index (κ1) is 20.9. The highest BCUT2D eigenvalue weighted by Crippen LogP contribution is 2.30. The third kappa shape index (κ3) is 4.42. The van der Waals surface area contributed by atoms with Crippen LogP contribution in [0.3, 0.4) is 0 Å². The van der Waals surface area contributed by atoms with Gasteiger partial charge in [0.1, 0.15) is 0 Å². The second-order valence-corrected chi connectivity index (χ2v) is 8.55. The van der Waals surface area contributed by atoms with E-state index in [2.05, 4.69) is 31.2 Å². The van der Waals surface area contributed by atoms with E-state index in [1.54, 1.807) is 6.20 Å². The first-order valence-corrected chi connectivity index (χ1v) is 10.7. The number of rotatable bonds is 3. The molecule has 5 nitrogen and oxygen atoms in total. The molecule has 0 unspecified atom stereocenters. The lowest BCUT2D eigenvalue weighted by molar-refractivity contribution is 0.0773. The van der Waals surface area contributed by atoms with E-state index in [4.69, 9.17) is 0 Å². The molecule has 0 aliphatic carbocycles. The van der Waals surface area contributed by atoms with Crippen molar-refractivity contribution in [3.05, 3.63) is 58.3 Å². The van der Waals surface area contributed by atoms with Crippen LogP contribution in [0, 0.1) is 6.92 Å². The monoisotopic (exact) mass is 478 g/mol. The number of hydrogen-bond donors (Lipinski definition) is 1. The molecule has 1 N–H and O–H groups in total. The van der Waals surface area contributed by atoms with Gasteiger partial charge < -0.3 is 10.2 Å². The van der Waals surface area contributed by atoms with Crippen molar-refractivity contribution in [3.8, 4) is 0 Å². The van der Waals surface area contributed by atoms with Crippen LogP contribution in [0.25, 0.3) is 11.0 Å². The van der Waals surface area contributed by atoms with Crippen LogP contribution in [-0.4, -0.2) is 45.4 Å². The highest BCUT2D eigenvalue weighted by atomic mass is 79.9. The van der Waals surface area contributed by atoms with E-state index in [1.807, 2.05) is 60.0 Å². The molecule has 1 aromatic carbocycles. The fourth-order valence-electron chi connectivity index (χ4n) is 3.08. The Bertz CT molecular complexity index is 993. The quantitative estimate of drug-likeness (QED) is 0.569. The number of carbonyl (C=O) groups is 1. The normalized spacial score (nSPS) is 13.9. The van der Waals surface area contributed by atoms with Crippen molar-refractivity contribution in [2.75, 3.05) is 29.9 Å². The van der Waals surface area contributed by atoms with Crippen molar-refractivity contribution in [1.82, 2.24) is 14.9 Å². The van der Waals surface area contributed by atoms with Crippen LogP contribution in [0.1, 0.15) is 16.1 Å². The summed E-state index contributed by atoms with van der Waals surface area (Å²) in [6.45, 7) is 3.48. The fraction of sp³-hybridized carbons (Fsp3) is 0.250. The minimum atomic E-state index is 0. The van der Waals surface area contributed by atoms with Gasteiger partial charge in [-0.2, -0.15) is 11.8 Å². The van der Waals surface area contributed by atoms with E-state index in [0.29, 0.717) is 11.2 Å². The van der Waals surface area contributed by atoms with Crippen molar-refractivity contribution in [2.45, 2.75) is 6.92 Å². The summed E-state index contributed by atoms with van der Waals surface area (Å²) in [4.78, 5) is 24.1. The second-order valence-electron chi connectivity index (χ2n) is 6.41. The summed E-state index contributed by atoms with van der Waals surface area (Å²) in [7, 11) is 0. The van der Waals surface area contributed by atoms with Crippen LogP contribution in [0.15, 0.2) is 47.1 Å². The largest absolute Gasteiger partial charge is 0.354 e. The fourth-order valence-corrected chi connectivity index (χ4v) is 4.25. The molecule has 1 aliphatic rings. The Hall–Kier alpha value is -1.83.